The number of amides is 1. The Labute approximate surface area is 187 Å². The summed E-state index contributed by atoms with van der Waals surface area (Å²) in [4.78, 5) is 23.0. The van der Waals surface area contributed by atoms with Crippen molar-refractivity contribution in [1.82, 2.24) is 9.62 Å². The van der Waals surface area contributed by atoms with Crippen LogP contribution in [0, 0.1) is 10.1 Å². The van der Waals surface area contributed by atoms with E-state index in [4.69, 9.17) is 0 Å². The number of hydrogen-bond acceptors (Lipinski definition) is 6. The van der Waals surface area contributed by atoms with Crippen LogP contribution in [-0.4, -0.2) is 42.7 Å². The number of nitrogens with one attached hydrogen (secondary N) is 2. The lowest BCUT2D eigenvalue weighted by Gasteiger charge is -2.25. The third-order valence-corrected chi connectivity index (χ3v) is 7.62. The Hall–Kier alpha value is -2.98. The molecule has 2 aromatic rings. The molecular weight excluding hydrogens is 432 g/mol. The van der Waals surface area contributed by atoms with E-state index in [2.05, 4.69) is 10.6 Å². The Morgan fingerprint density at radius 2 is 1.75 bits per heavy atom. The molecule has 0 unspecified atom stereocenters. The van der Waals surface area contributed by atoms with Gasteiger partial charge in [0.05, 0.1) is 9.82 Å². The number of carbonyl (C=O) groups excluding carboxylic acids is 1. The van der Waals surface area contributed by atoms with Gasteiger partial charge in [0.1, 0.15) is 5.69 Å². The molecule has 0 aromatic heterocycles. The van der Waals surface area contributed by atoms with Gasteiger partial charge in [0.2, 0.25) is 10.0 Å². The zero-order valence-electron chi connectivity index (χ0n) is 17.6. The number of nitro benzene ring substituents is 1. The Balaban J connectivity index is 1.46. The molecular formula is C22H26N4O5S. The standard InChI is InChI=1S/C22H26N4O5S/c27-22(24-18-8-9-18)17-6-4-16(5-7-17)15-23-20-11-10-19(14-21(20)26(28)29)32(30,31)25-12-2-1-3-13-25/h4-7,10-11,14,18,23H,1-3,8-9,12-13,15H2,(H,24,27). The summed E-state index contributed by atoms with van der Waals surface area (Å²) < 4.78 is 27.1. The van der Waals surface area contributed by atoms with Gasteiger partial charge in [-0.25, -0.2) is 8.42 Å². The molecule has 1 heterocycles. The predicted molar refractivity (Wildman–Crippen MR) is 120 cm³/mol. The normalized spacial score (nSPS) is 17.0. The minimum absolute atomic E-state index is 0.0670. The van der Waals surface area contributed by atoms with E-state index in [0.717, 1.165) is 43.7 Å². The van der Waals surface area contributed by atoms with Crippen LogP contribution in [0.1, 0.15) is 48.0 Å². The fourth-order valence-corrected chi connectivity index (χ4v) is 5.23. The minimum atomic E-state index is -3.76. The quantitative estimate of drug-likeness (QED) is 0.462. The van der Waals surface area contributed by atoms with Crippen LogP contribution >= 0.6 is 0 Å². The number of nitro groups is 1. The van der Waals surface area contributed by atoms with Crippen molar-refractivity contribution >= 4 is 27.3 Å². The first-order chi connectivity index (χ1) is 15.3. The van der Waals surface area contributed by atoms with Crippen LogP contribution in [0.3, 0.4) is 0 Å². The molecule has 0 spiro atoms. The highest BCUT2D eigenvalue weighted by Gasteiger charge is 2.28. The summed E-state index contributed by atoms with van der Waals surface area (Å²) in [5.74, 6) is -0.104. The second-order valence-corrected chi connectivity index (χ2v) is 10.1. The molecule has 9 nitrogen and oxygen atoms in total. The van der Waals surface area contributed by atoms with Crippen LogP contribution < -0.4 is 10.6 Å². The zero-order chi connectivity index (χ0) is 22.7. The summed E-state index contributed by atoms with van der Waals surface area (Å²) in [6.07, 6.45) is 4.61. The predicted octanol–water partition coefficient (Wildman–Crippen LogP) is 3.27. The average Bonchev–Trinajstić information content (AvgIpc) is 3.62. The van der Waals surface area contributed by atoms with Crippen LogP contribution in [0.2, 0.25) is 0 Å². The first-order valence-corrected chi connectivity index (χ1v) is 12.2. The molecule has 1 saturated carbocycles. The van der Waals surface area contributed by atoms with Gasteiger partial charge in [-0.1, -0.05) is 18.6 Å². The number of anilines is 1. The molecule has 1 aliphatic heterocycles. The maximum absolute atomic E-state index is 12.9. The molecule has 4 rings (SSSR count). The second kappa shape index (κ2) is 9.25. The minimum Gasteiger partial charge on any atom is -0.375 e. The largest absolute Gasteiger partial charge is 0.375 e. The van der Waals surface area contributed by atoms with E-state index in [0.29, 0.717) is 25.2 Å². The Bertz CT molecular complexity index is 1110. The highest BCUT2D eigenvalue weighted by molar-refractivity contribution is 7.89. The lowest BCUT2D eigenvalue weighted by Crippen LogP contribution is -2.35. The van der Waals surface area contributed by atoms with Gasteiger partial charge in [-0.15, -0.1) is 0 Å². The second-order valence-electron chi connectivity index (χ2n) is 8.20. The third kappa shape index (κ3) is 5.08. The van der Waals surface area contributed by atoms with E-state index >= 15 is 0 Å². The zero-order valence-corrected chi connectivity index (χ0v) is 18.4. The van der Waals surface area contributed by atoms with E-state index in [1.54, 1.807) is 24.3 Å². The summed E-state index contributed by atoms with van der Waals surface area (Å²) in [5, 5.41) is 17.5. The van der Waals surface area contributed by atoms with Crippen molar-refractivity contribution in [2.24, 2.45) is 0 Å². The van der Waals surface area contributed by atoms with Crippen molar-refractivity contribution in [3.05, 3.63) is 63.7 Å². The van der Waals surface area contributed by atoms with Crippen LogP contribution in [0.15, 0.2) is 47.4 Å². The van der Waals surface area contributed by atoms with Gasteiger partial charge in [-0.05, 0) is 55.5 Å². The smallest absolute Gasteiger partial charge is 0.293 e. The van der Waals surface area contributed by atoms with Gasteiger partial charge < -0.3 is 10.6 Å². The Morgan fingerprint density at radius 1 is 1.06 bits per heavy atom. The van der Waals surface area contributed by atoms with Crippen molar-refractivity contribution in [1.29, 1.82) is 0 Å². The first-order valence-electron chi connectivity index (χ1n) is 10.8. The lowest BCUT2D eigenvalue weighted by molar-refractivity contribution is -0.384. The monoisotopic (exact) mass is 458 g/mol. The molecule has 2 N–H and O–H groups in total. The Morgan fingerprint density at radius 3 is 2.38 bits per heavy atom. The van der Waals surface area contributed by atoms with Crippen LogP contribution in [0.5, 0.6) is 0 Å². The molecule has 2 aliphatic rings. The fourth-order valence-electron chi connectivity index (χ4n) is 3.69. The van der Waals surface area contributed by atoms with Crippen LogP contribution in [0.25, 0.3) is 0 Å². The van der Waals surface area contributed by atoms with Crippen LogP contribution in [0.4, 0.5) is 11.4 Å². The van der Waals surface area contributed by atoms with Gasteiger partial charge in [-0.2, -0.15) is 4.31 Å². The number of carbonyl (C=O) groups is 1. The highest BCUT2D eigenvalue weighted by Crippen LogP contribution is 2.30. The van der Waals surface area contributed by atoms with Gasteiger partial charge in [0.15, 0.2) is 0 Å². The first kappa shape index (κ1) is 22.2. The molecule has 2 fully saturated rings. The summed E-state index contributed by atoms with van der Waals surface area (Å²) in [5.41, 5.74) is 1.36. The topological polar surface area (TPSA) is 122 Å². The number of piperidine rings is 1. The van der Waals surface area contributed by atoms with Gasteiger partial charge in [0.25, 0.3) is 11.6 Å². The number of benzene rings is 2. The number of rotatable bonds is 8. The van der Waals surface area contributed by atoms with E-state index in [9.17, 15) is 23.3 Å². The van der Waals surface area contributed by atoms with Crippen LogP contribution in [-0.2, 0) is 16.6 Å². The van der Waals surface area contributed by atoms with Crippen molar-refractivity contribution in [3.8, 4) is 0 Å². The SMILES string of the molecule is O=C(NC1CC1)c1ccc(CNc2ccc(S(=O)(=O)N3CCCCC3)cc2[N+](=O)[O-])cc1. The molecule has 2 aromatic carbocycles. The molecule has 32 heavy (non-hydrogen) atoms. The number of nitrogens with zero attached hydrogens (tertiary/aromatic N) is 2. The maximum atomic E-state index is 12.9. The average molecular weight is 459 g/mol. The van der Waals surface area contributed by atoms with Gasteiger partial charge in [-0.3, -0.25) is 14.9 Å². The lowest BCUT2D eigenvalue weighted by atomic mass is 10.1. The van der Waals surface area contributed by atoms with E-state index in [1.165, 1.54) is 16.4 Å². The molecule has 1 amide bonds. The van der Waals surface area contributed by atoms with Gasteiger partial charge >= 0.3 is 0 Å². The number of sulfonamides is 1. The molecule has 170 valence electrons. The van der Waals surface area contributed by atoms with Crippen molar-refractivity contribution in [2.75, 3.05) is 18.4 Å². The van der Waals surface area contributed by atoms with Crippen molar-refractivity contribution < 1.29 is 18.1 Å². The molecule has 1 saturated heterocycles. The number of hydrogen-bond donors (Lipinski definition) is 2. The van der Waals surface area contributed by atoms with E-state index in [-0.39, 0.29) is 28.2 Å². The van der Waals surface area contributed by atoms with Crippen molar-refractivity contribution in [3.63, 3.8) is 0 Å². The Kier molecular flexibility index (Phi) is 6.43. The molecule has 1 aliphatic carbocycles. The summed E-state index contributed by atoms with van der Waals surface area (Å²) in [6, 6.07) is 11.3. The third-order valence-electron chi connectivity index (χ3n) is 5.73. The van der Waals surface area contributed by atoms with E-state index < -0.39 is 14.9 Å². The van der Waals surface area contributed by atoms with Gasteiger partial charge in [0, 0.05) is 37.3 Å². The molecule has 0 radical (unpaired) electrons. The molecule has 0 bridgehead atoms. The summed E-state index contributed by atoms with van der Waals surface area (Å²) in [7, 11) is -3.76. The van der Waals surface area contributed by atoms with Crippen molar-refractivity contribution in [2.45, 2.75) is 49.6 Å². The maximum Gasteiger partial charge on any atom is 0.293 e. The fraction of sp³-hybridized carbons (Fsp3) is 0.409. The highest BCUT2D eigenvalue weighted by atomic mass is 32.2. The molecule has 10 heteroatoms. The summed E-state index contributed by atoms with van der Waals surface area (Å²) >= 11 is 0. The molecule has 0 atom stereocenters. The van der Waals surface area contributed by atoms with E-state index in [1.807, 2.05) is 0 Å². The summed E-state index contributed by atoms with van der Waals surface area (Å²) in [6.45, 7) is 1.17.